The topological polar surface area (TPSA) is 34.1 Å². The number of sulfone groups is 1. The minimum atomic E-state index is -3.24. The van der Waals surface area contributed by atoms with E-state index >= 15 is 0 Å². The van der Waals surface area contributed by atoms with Crippen LogP contribution in [0.2, 0.25) is 0 Å². The maximum absolute atomic E-state index is 13.3. The molecule has 0 aliphatic rings. The van der Waals surface area contributed by atoms with E-state index in [0.717, 1.165) is 0 Å². The normalized spacial score (nSPS) is 12.1. The van der Waals surface area contributed by atoms with Crippen molar-refractivity contribution in [2.24, 2.45) is 0 Å². The molecule has 0 saturated heterocycles. The molecule has 0 saturated carbocycles. The van der Waals surface area contributed by atoms with E-state index in [9.17, 15) is 12.8 Å². The van der Waals surface area contributed by atoms with Crippen molar-refractivity contribution in [1.82, 2.24) is 0 Å². The smallest absolute Gasteiger partial charge is 0.156 e. The summed E-state index contributed by atoms with van der Waals surface area (Å²) in [6, 6.07) is 4.39. The van der Waals surface area contributed by atoms with Crippen LogP contribution in [0.1, 0.15) is 19.4 Å². The van der Waals surface area contributed by atoms with Gasteiger partial charge in [-0.05, 0) is 26.0 Å². The fourth-order valence-corrected chi connectivity index (χ4v) is 2.36. The molecule has 5 heteroatoms. The van der Waals surface area contributed by atoms with Gasteiger partial charge in [-0.2, -0.15) is 0 Å². The molecule has 84 valence electrons. The van der Waals surface area contributed by atoms with Crippen molar-refractivity contribution in [1.29, 1.82) is 0 Å². The second-order valence-corrected chi connectivity index (χ2v) is 7.06. The first-order chi connectivity index (χ1) is 6.83. The van der Waals surface area contributed by atoms with Gasteiger partial charge in [-0.15, -0.1) is 0 Å². The Labute approximate surface area is 97.5 Å². The Morgan fingerprint density at radius 2 is 2.00 bits per heavy atom. The number of rotatable bonds is 3. The molecule has 0 aromatic heterocycles. The van der Waals surface area contributed by atoms with Crippen molar-refractivity contribution in [2.75, 3.05) is 0 Å². The number of hydrogen-bond acceptors (Lipinski definition) is 2. The third kappa shape index (κ3) is 3.28. The molecule has 0 unspecified atom stereocenters. The van der Waals surface area contributed by atoms with Gasteiger partial charge in [0.15, 0.2) is 9.84 Å². The van der Waals surface area contributed by atoms with Crippen molar-refractivity contribution in [2.45, 2.75) is 24.9 Å². The fourth-order valence-electron chi connectivity index (χ4n) is 1.02. The minimum absolute atomic E-state index is 0.215. The molecule has 0 amide bonds. The lowest BCUT2D eigenvalue weighted by atomic mass is 10.2. The zero-order valence-electron chi connectivity index (χ0n) is 8.50. The molecule has 0 spiro atoms. The Kier molecular flexibility index (Phi) is 3.89. The van der Waals surface area contributed by atoms with E-state index in [-0.39, 0.29) is 11.3 Å². The van der Waals surface area contributed by atoms with Crippen LogP contribution in [0.4, 0.5) is 4.39 Å². The average molecular weight is 295 g/mol. The summed E-state index contributed by atoms with van der Waals surface area (Å²) in [7, 11) is -3.24. The van der Waals surface area contributed by atoms with Gasteiger partial charge in [0.2, 0.25) is 0 Å². The summed E-state index contributed by atoms with van der Waals surface area (Å²) in [5.41, 5.74) is 0.215. The SMILES string of the molecule is CC(C)S(=O)(=O)Cc1ccc(Br)cc1F. The zero-order chi connectivity index (χ0) is 11.6. The van der Waals surface area contributed by atoms with E-state index in [1.54, 1.807) is 19.9 Å². The van der Waals surface area contributed by atoms with Gasteiger partial charge < -0.3 is 0 Å². The van der Waals surface area contributed by atoms with Crippen molar-refractivity contribution in [3.8, 4) is 0 Å². The quantitative estimate of drug-likeness (QED) is 0.859. The van der Waals surface area contributed by atoms with Crippen molar-refractivity contribution in [3.63, 3.8) is 0 Å². The van der Waals surface area contributed by atoms with Crippen LogP contribution < -0.4 is 0 Å². The van der Waals surface area contributed by atoms with Crippen LogP contribution in [-0.2, 0) is 15.6 Å². The van der Waals surface area contributed by atoms with Gasteiger partial charge in [0.05, 0.1) is 11.0 Å². The van der Waals surface area contributed by atoms with Crippen molar-refractivity contribution < 1.29 is 12.8 Å². The highest BCUT2D eigenvalue weighted by Gasteiger charge is 2.18. The molecule has 0 N–H and O–H groups in total. The number of hydrogen-bond donors (Lipinski definition) is 0. The largest absolute Gasteiger partial charge is 0.228 e. The van der Waals surface area contributed by atoms with Crippen LogP contribution in [-0.4, -0.2) is 13.7 Å². The van der Waals surface area contributed by atoms with Crippen molar-refractivity contribution >= 4 is 25.8 Å². The monoisotopic (exact) mass is 294 g/mol. The van der Waals surface area contributed by atoms with Crippen LogP contribution in [0.5, 0.6) is 0 Å². The first kappa shape index (κ1) is 12.6. The predicted molar refractivity (Wildman–Crippen MR) is 61.9 cm³/mol. The number of halogens is 2. The molecule has 0 aliphatic carbocycles. The summed E-state index contributed by atoms with van der Waals surface area (Å²) < 4.78 is 37.1. The Balaban J connectivity index is 3.01. The second kappa shape index (κ2) is 4.61. The van der Waals surface area contributed by atoms with Crippen LogP contribution in [0.3, 0.4) is 0 Å². The Hall–Kier alpha value is -0.420. The van der Waals surface area contributed by atoms with Gasteiger partial charge in [0.25, 0.3) is 0 Å². The van der Waals surface area contributed by atoms with Crippen molar-refractivity contribution in [3.05, 3.63) is 34.1 Å². The molecule has 0 radical (unpaired) electrons. The van der Waals surface area contributed by atoms with Gasteiger partial charge in [-0.3, -0.25) is 0 Å². The minimum Gasteiger partial charge on any atom is -0.228 e. The zero-order valence-corrected chi connectivity index (χ0v) is 10.9. The summed E-state index contributed by atoms with van der Waals surface area (Å²) in [5, 5.41) is -0.486. The standard InChI is InChI=1S/C10H12BrFO2S/c1-7(2)15(13,14)6-8-3-4-9(11)5-10(8)12/h3-5,7H,6H2,1-2H3. The van der Waals surface area contributed by atoms with Gasteiger partial charge in [0, 0.05) is 10.0 Å². The van der Waals surface area contributed by atoms with Crippen LogP contribution in [0, 0.1) is 5.82 Å². The Morgan fingerprint density at radius 3 is 2.47 bits per heavy atom. The third-order valence-corrected chi connectivity index (χ3v) is 4.73. The predicted octanol–water partition coefficient (Wildman–Crippen LogP) is 2.91. The second-order valence-electron chi connectivity index (χ2n) is 3.59. The van der Waals surface area contributed by atoms with E-state index in [2.05, 4.69) is 15.9 Å². The van der Waals surface area contributed by atoms with Gasteiger partial charge in [-0.25, -0.2) is 12.8 Å². The first-order valence-electron chi connectivity index (χ1n) is 4.48. The van der Waals surface area contributed by atoms with E-state index in [1.165, 1.54) is 12.1 Å². The summed E-state index contributed by atoms with van der Waals surface area (Å²) in [5.74, 6) is -0.738. The molecule has 0 atom stereocenters. The summed E-state index contributed by atoms with van der Waals surface area (Å²) in [4.78, 5) is 0. The molecule has 1 rings (SSSR count). The lowest BCUT2D eigenvalue weighted by Crippen LogP contribution is -2.16. The molecule has 1 aromatic rings. The Bertz CT molecular complexity index is 454. The molecule has 2 nitrogen and oxygen atoms in total. The maximum atomic E-state index is 13.3. The van der Waals surface area contributed by atoms with E-state index in [4.69, 9.17) is 0 Å². The lowest BCUT2D eigenvalue weighted by Gasteiger charge is -2.08. The molecule has 15 heavy (non-hydrogen) atoms. The van der Waals surface area contributed by atoms with Gasteiger partial charge in [-0.1, -0.05) is 22.0 Å². The first-order valence-corrected chi connectivity index (χ1v) is 6.99. The highest BCUT2D eigenvalue weighted by molar-refractivity contribution is 9.10. The van der Waals surface area contributed by atoms with Gasteiger partial charge in [0.1, 0.15) is 5.82 Å². The molecule has 0 fully saturated rings. The molecular formula is C10H12BrFO2S. The number of benzene rings is 1. The molecule has 0 aliphatic heterocycles. The Morgan fingerprint density at radius 1 is 1.40 bits per heavy atom. The van der Waals surface area contributed by atoms with Crippen LogP contribution >= 0.6 is 15.9 Å². The lowest BCUT2D eigenvalue weighted by molar-refractivity contribution is 0.579. The highest BCUT2D eigenvalue weighted by Crippen LogP contribution is 2.18. The van der Waals surface area contributed by atoms with E-state index in [0.29, 0.717) is 4.47 Å². The van der Waals surface area contributed by atoms with E-state index in [1.807, 2.05) is 0 Å². The average Bonchev–Trinajstić information content (AvgIpc) is 2.09. The summed E-state index contributed by atoms with van der Waals surface area (Å²) in [6.45, 7) is 3.18. The van der Waals surface area contributed by atoms with E-state index < -0.39 is 20.9 Å². The summed E-state index contributed by atoms with van der Waals surface area (Å²) in [6.07, 6.45) is 0. The molecule has 0 heterocycles. The maximum Gasteiger partial charge on any atom is 0.156 e. The highest BCUT2D eigenvalue weighted by atomic mass is 79.9. The van der Waals surface area contributed by atoms with Gasteiger partial charge >= 0.3 is 0 Å². The molecule has 0 bridgehead atoms. The molecular weight excluding hydrogens is 283 g/mol. The van der Waals surface area contributed by atoms with Crippen LogP contribution in [0.25, 0.3) is 0 Å². The molecule has 1 aromatic carbocycles. The third-order valence-electron chi connectivity index (χ3n) is 2.09. The summed E-state index contributed by atoms with van der Waals surface area (Å²) >= 11 is 3.12. The van der Waals surface area contributed by atoms with Crippen LogP contribution in [0.15, 0.2) is 22.7 Å². The fraction of sp³-hybridized carbons (Fsp3) is 0.400.